The summed E-state index contributed by atoms with van der Waals surface area (Å²) in [5, 5.41) is 20.3. The molecule has 0 saturated heterocycles. The highest BCUT2D eigenvalue weighted by molar-refractivity contribution is 5.31. The summed E-state index contributed by atoms with van der Waals surface area (Å²) < 4.78 is 0. The van der Waals surface area contributed by atoms with Crippen molar-refractivity contribution in [1.29, 1.82) is 5.26 Å². The Morgan fingerprint density at radius 1 is 1.30 bits per heavy atom. The summed E-state index contributed by atoms with van der Waals surface area (Å²) in [6.07, 6.45) is 5.79. The minimum atomic E-state index is -0.641. The Morgan fingerprint density at radius 2 is 2.00 bits per heavy atom. The van der Waals surface area contributed by atoms with Gasteiger partial charge in [0.25, 0.3) is 0 Å². The molecule has 2 aliphatic carbocycles. The van der Waals surface area contributed by atoms with Crippen LogP contribution in [0.3, 0.4) is 0 Å². The molecule has 2 nitrogen and oxygen atoms in total. The van der Waals surface area contributed by atoms with Crippen molar-refractivity contribution in [2.75, 3.05) is 0 Å². The van der Waals surface area contributed by atoms with Crippen molar-refractivity contribution in [3.8, 4) is 6.07 Å². The van der Waals surface area contributed by atoms with E-state index in [2.05, 4.69) is 25.1 Å². The van der Waals surface area contributed by atoms with Crippen LogP contribution in [-0.4, -0.2) is 5.11 Å². The van der Waals surface area contributed by atoms with Gasteiger partial charge in [-0.15, -0.1) is 0 Å². The molecule has 3 rings (SSSR count). The molecule has 0 aromatic heterocycles. The van der Waals surface area contributed by atoms with Gasteiger partial charge in [-0.05, 0) is 55.1 Å². The van der Waals surface area contributed by atoms with Gasteiger partial charge >= 0.3 is 0 Å². The van der Waals surface area contributed by atoms with Crippen LogP contribution in [0, 0.1) is 22.7 Å². The van der Waals surface area contributed by atoms with Crippen molar-refractivity contribution < 1.29 is 5.11 Å². The first-order chi connectivity index (χ1) is 9.68. The lowest BCUT2D eigenvalue weighted by Gasteiger charge is -2.28. The Balaban J connectivity index is 1.79. The lowest BCUT2D eigenvalue weighted by Crippen LogP contribution is -2.24. The molecule has 0 aliphatic heterocycles. The van der Waals surface area contributed by atoms with Crippen LogP contribution in [0.2, 0.25) is 0 Å². The molecule has 0 radical (unpaired) electrons. The molecule has 3 unspecified atom stereocenters. The Bertz CT molecular complexity index is 511. The van der Waals surface area contributed by atoms with Crippen LogP contribution in [0.4, 0.5) is 0 Å². The van der Waals surface area contributed by atoms with Gasteiger partial charge in [0.15, 0.2) is 0 Å². The second kappa shape index (κ2) is 5.22. The summed E-state index contributed by atoms with van der Waals surface area (Å²) in [7, 11) is 0. The molecule has 3 atom stereocenters. The molecule has 2 heteroatoms. The molecule has 106 valence electrons. The molecule has 2 saturated carbocycles. The van der Waals surface area contributed by atoms with E-state index in [0.29, 0.717) is 5.92 Å². The molecule has 20 heavy (non-hydrogen) atoms. The van der Waals surface area contributed by atoms with E-state index in [1.807, 2.05) is 12.1 Å². The highest BCUT2D eigenvalue weighted by Crippen LogP contribution is 2.50. The van der Waals surface area contributed by atoms with E-state index in [-0.39, 0.29) is 0 Å². The number of nitrogens with zero attached hydrogens (tertiary/aromatic N) is 1. The summed E-state index contributed by atoms with van der Waals surface area (Å²) >= 11 is 0. The second-order valence-corrected chi connectivity index (χ2v) is 6.63. The lowest BCUT2D eigenvalue weighted by molar-refractivity contribution is 0.0641. The first-order valence-electron chi connectivity index (χ1n) is 7.87. The highest BCUT2D eigenvalue weighted by Gasteiger charge is 2.45. The SMILES string of the molecule is CCC1CCC(C#N)(C(O)c2ccc(C3CC3)cc2)C1. The maximum Gasteiger partial charge on any atom is 0.0976 e. The smallest absolute Gasteiger partial charge is 0.0976 e. The topological polar surface area (TPSA) is 44.0 Å². The van der Waals surface area contributed by atoms with Crippen LogP contribution in [-0.2, 0) is 0 Å². The zero-order valence-corrected chi connectivity index (χ0v) is 12.2. The van der Waals surface area contributed by atoms with Gasteiger partial charge < -0.3 is 5.11 Å². The third kappa shape index (κ3) is 2.36. The standard InChI is InChI=1S/C18H23NO/c1-2-13-9-10-18(11-13,12-19)17(20)16-7-5-15(6-8-16)14-3-4-14/h5-8,13-14,17,20H,2-4,9-11H2,1H3. The molecule has 0 heterocycles. The van der Waals surface area contributed by atoms with Crippen molar-refractivity contribution in [3.63, 3.8) is 0 Å². The lowest BCUT2D eigenvalue weighted by atomic mass is 9.77. The van der Waals surface area contributed by atoms with Crippen molar-refractivity contribution >= 4 is 0 Å². The molecule has 0 bridgehead atoms. The summed E-state index contributed by atoms with van der Waals surface area (Å²) in [6.45, 7) is 2.18. The average molecular weight is 269 g/mol. The van der Waals surface area contributed by atoms with Gasteiger partial charge in [-0.25, -0.2) is 0 Å². The fourth-order valence-electron chi connectivity index (χ4n) is 3.63. The number of benzene rings is 1. The Hall–Kier alpha value is -1.33. The highest BCUT2D eigenvalue weighted by atomic mass is 16.3. The molecule has 1 aromatic carbocycles. The number of nitriles is 1. The summed E-state index contributed by atoms with van der Waals surface area (Å²) in [5.74, 6) is 1.33. The number of aliphatic hydroxyl groups is 1. The Labute approximate surface area is 121 Å². The molecular weight excluding hydrogens is 246 g/mol. The molecule has 1 aromatic rings. The average Bonchev–Trinajstić information content (AvgIpc) is 3.26. The van der Waals surface area contributed by atoms with E-state index in [9.17, 15) is 10.4 Å². The van der Waals surface area contributed by atoms with Gasteiger partial charge in [0, 0.05) is 0 Å². The maximum atomic E-state index is 10.7. The molecule has 2 fully saturated rings. The van der Waals surface area contributed by atoms with Crippen LogP contribution in [0.15, 0.2) is 24.3 Å². The van der Waals surface area contributed by atoms with Crippen molar-refractivity contribution in [2.24, 2.45) is 11.3 Å². The van der Waals surface area contributed by atoms with E-state index < -0.39 is 11.5 Å². The maximum absolute atomic E-state index is 10.7. The van der Waals surface area contributed by atoms with Gasteiger partial charge in [0.05, 0.1) is 17.6 Å². The minimum Gasteiger partial charge on any atom is -0.387 e. The quantitative estimate of drug-likeness (QED) is 0.884. The molecular formula is C18H23NO. The predicted octanol–water partition coefficient (Wildman–Crippen LogP) is 4.32. The van der Waals surface area contributed by atoms with Crippen molar-refractivity contribution in [3.05, 3.63) is 35.4 Å². The van der Waals surface area contributed by atoms with E-state index in [1.165, 1.54) is 18.4 Å². The zero-order chi connectivity index (χ0) is 14.2. The van der Waals surface area contributed by atoms with E-state index >= 15 is 0 Å². The Morgan fingerprint density at radius 3 is 2.50 bits per heavy atom. The number of rotatable bonds is 4. The fraction of sp³-hybridized carbons (Fsp3) is 0.611. The largest absolute Gasteiger partial charge is 0.387 e. The third-order valence-electron chi connectivity index (χ3n) is 5.28. The predicted molar refractivity (Wildman–Crippen MR) is 79.1 cm³/mol. The molecule has 0 spiro atoms. The van der Waals surface area contributed by atoms with Gasteiger partial charge in [0.1, 0.15) is 0 Å². The summed E-state index contributed by atoms with van der Waals surface area (Å²) in [5.41, 5.74) is 1.72. The van der Waals surface area contributed by atoms with E-state index in [4.69, 9.17) is 0 Å². The van der Waals surface area contributed by atoms with Crippen LogP contribution in [0.25, 0.3) is 0 Å². The van der Waals surface area contributed by atoms with E-state index in [1.54, 1.807) is 0 Å². The summed E-state index contributed by atoms with van der Waals surface area (Å²) in [4.78, 5) is 0. The second-order valence-electron chi connectivity index (χ2n) is 6.63. The van der Waals surface area contributed by atoms with Gasteiger partial charge in [-0.1, -0.05) is 37.6 Å². The molecule has 2 aliphatic rings. The minimum absolute atomic E-state index is 0.568. The summed E-state index contributed by atoms with van der Waals surface area (Å²) in [6, 6.07) is 10.8. The third-order valence-corrected chi connectivity index (χ3v) is 5.28. The van der Waals surface area contributed by atoms with Gasteiger partial charge in [0.2, 0.25) is 0 Å². The van der Waals surface area contributed by atoms with Crippen LogP contribution < -0.4 is 0 Å². The zero-order valence-electron chi connectivity index (χ0n) is 12.2. The number of hydrogen-bond donors (Lipinski definition) is 1. The molecule has 0 amide bonds. The van der Waals surface area contributed by atoms with Crippen LogP contribution >= 0.6 is 0 Å². The first-order valence-corrected chi connectivity index (χ1v) is 7.87. The van der Waals surface area contributed by atoms with Crippen LogP contribution in [0.5, 0.6) is 0 Å². The van der Waals surface area contributed by atoms with Gasteiger partial charge in [-0.2, -0.15) is 5.26 Å². The Kier molecular flexibility index (Phi) is 3.56. The molecule has 1 N–H and O–H groups in total. The monoisotopic (exact) mass is 269 g/mol. The van der Waals surface area contributed by atoms with E-state index in [0.717, 1.165) is 37.2 Å². The van der Waals surface area contributed by atoms with Crippen molar-refractivity contribution in [1.82, 2.24) is 0 Å². The first kappa shape index (κ1) is 13.6. The van der Waals surface area contributed by atoms with Gasteiger partial charge in [-0.3, -0.25) is 0 Å². The fourth-order valence-corrected chi connectivity index (χ4v) is 3.63. The number of hydrogen-bond acceptors (Lipinski definition) is 2. The van der Waals surface area contributed by atoms with Crippen molar-refractivity contribution in [2.45, 2.75) is 57.5 Å². The normalized spacial score (nSPS) is 30.9. The van der Waals surface area contributed by atoms with Crippen LogP contribution in [0.1, 0.15) is 68.6 Å². The number of aliphatic hydroxyl groups excluding tert-OH is 1.